The SMILES string of the molecule is CN=C(NCc1ccc(N2CCOCC2)cc1)N1CC(C)CC(C)C1. The highest BCUT2D eigenvalue weighted by atomic mass is 16.5. The molecule has 138 valence electrons. The fourth-order valence-electron chi connectivity index (χ4n) is 4.00. The molecule has 1 N–H and O–H groups in total. The largest absolute Gasteiger partial charge is 0.378 e. The third-order valence-corrected chi connectivity index (χ3v) is 5.14. The topological polar surface area (TPSA) is 40.1 Å². The summed E-state index contributed by atoms with van der Waals surface area (Å²) in [6.07, 6.45) is 1.32. The summed E-state index contributed by atoms with van der Waals surface area (Å²) in [7, 11) is 1.88. The molecule has 5 heteroatoms. The fourth-order valence-corrected chi connectivity index (χ4v) is 4.00. The predicted octanol–water partition coefficient (Wildman–Crippen LogP) is 2.58. The molecule has 0 saturated carbocycles. The van der Waals surface area contributed by atoms with Crippen molar-refractivity contribution in [1.82, 2.24) is 10.2 Å². The number of hydrogen-bond acceptors (Lipinski definition) is 3. The maximum Gasteiger partial charge on any atom is 0.193 e. The summed E-state index contributed by atoms with van der Waals surface area (Å²) in [6, 6.07) is 8.87. The number of aliphatic imine (C=N–C) groups is 1. The van der Waals surface area contributed by atoms with Gasteiger partial charge in [-0.3, -0.25) is 4.99 Å². The lowest BCUT2D eigenvalue weighted by molar-refractivity contribution is 0.122. The van der Waals surface area contributed by atoms with Gasteiger partial charge in [0.25, 0.3) is 0 Å². The predicted molar refractivity (Wildman–Crippen MR) is 104 cm³/mol. The number of likely N-dealkylation sites (tertiary alicyclic amines) is 1. The number of benzene rings is 1. The van der Waals surface area contributed by atoms with Crippen molar-refractivity contribution in [3.63, 3.8) is 0 Å². The minimum Gasteiger partial charge on any atom is -0.378 e. The molecule has 0 spiro atoms. The van der Waals surface area contributed by atoms with Gasteiger partial charge in [-0.1, -0.05) is 26.0 Å². The van der Waals surface area contributed by atoms with Crippen LogP contribution in [0.1, 0.15) is 25.8 Å². The molecular formula is C20H32N4O. The van der Waals surface area contributed by atoms with Gasteiger partial charge in [0.15, 0.2) is 5.96 Å². The summed E-state index contributed by atoms with van der Waals surface area (Å²) in [5, 5.41) is 3.54. The van der Waals surface area contributed by atoms with Gasteiger partial charge in [-0.25, -0.2) is 0 Å². The summed E-state index contributed by atoms with van der Waals surface area (Å²) in [4.78, 5) is 9.28. The molecule has 2 aliphatic rings. The zero-order chi connectivity index (χ0) is 17.6. The van der Waals surface area contributed by atoms with Crippen LogP contribution < -0.4 is 10.2 Å². The highest BCUT2D eigenvalue weighted by molar-refractivity contribution is 5.80. The Bertz CT molecular complexity index is 556. The van der Waals surface area contributed by atoms with E-state index in [1.54, 1.807) is 0 Å². The first-order chi connectivity index (χ1) is 12.2. The van der Waals surface area contributed by atoms with Crippen LogP contribution in [0.3, 0.4) is 0 Å². The van der Waals surface area contributed by atoms with E-state index < -0.39 is 0 Å². The van der Waals surface area contributed by atoms with Gasteiger partial charge < -0.3 is 19.9 Å². The summed E-state index contributed by atoms with van der Waals surface area (Å²) in [6.45, 7) is 11.3. The standard InChI is InChI=1S/C20H32N4O/c1-16-12-17(2)15-24(14-16)20(21-3)22-13-18-4-6-19(7-5-18)23-8-10-25-11-9-23/h4-7,16-17H,8-15H2,1-3H3,(H,21,22). The molecule has 2 saturated heterocycles. The van der Waals surface area contributed by atoms with Crippen LogP contribution in [-0.2, 0) is 11.3 Å². The quantitative estimate of drug-likeness (QED) is 0.676. The Morgan fingerprint density at radius 3 is 2.36 bits per heavy atom. The molecule has 0 aliphatic carbocycles. The normalized spacial score (nSPS) is 25.2. The molecule has 2 fully saturated rings. The van der Waals surface area contributed by atoms with Crippen LogP contribution in [0.4, 0.5) is 5.69 Å². The van der Waals surface area contributed by atoms with Crippen molar-refractivity contribution in [2.75, 3.05) is 51.3 Å². The highest BCUT2D eigenvalue weighted by Gasteiger charge is 2.23. The van der Waals surface area contributed by atoms with Crippen molar-refractivity contribution in [2.45, 2.75) is 26.8 Å². The van der Waals surface area contributed by atoms with E-state index in [1.807, 2.05) is 7.05 Å². The van der Waals surface area contributed by atoms with Gasteiger partial charge >= 0.3 is 0 Å². The molecule has 25 heavy (non-hydrogen) atoms. The summed E-state index contributed by atoms with van der Waals surface area (Å²) < 4.78 is 5.43. The average Bonchev–Trinajstić information content (AvgIpc) is 2.63. The number of guanidine groups is 1. The molecule has 2 heterocycles. The number of piperidine rings is 1. The number of nitrogens with zero attached hydrogens (tertiary/aromatic N) is 3. The maximum atomic E-state index is 5.43. The monoisotopic (exact) mass is 344 g/mol. The maximum absolute atomic E-state index is 5.43. The van der Waals surface area contributed by atoms with Gasteiger partial charge in [0.2, 0.25) is 0 Å². The van der Waals surface area contributed by atoms with Crippen molar-refractivity contribution in [3.05, 3.63) is 29.8 Å². The smallest absolute Gasteiger partial charge is 0.193 e. The van der Waals surface area contributed by atoms with Crippen LogP contribution in [0, 0.1) is 11.8 Å². The van der Waals surface area contributed by atoms with Crippen LogP contribution in [-0.4, -0.2) is 57.3 Å². The van der Waals surface area contributed by atoms with E-state index >= 15 is 0 Å². The van der Waals surface area contributed by atoms with Crippen molar-refractivity contribution < 1.29 is 4.74 Å². The number of anilines is 1. The minimum absolute atomic E-state index is 0.732. The highest BCUT2D eigenvalue weighted by Crippen LogP contribution is 2.21. The van der Waals surface area contributed by atoms with Crippen molar-refractivity contribution >= 4 is 11.6 Å². The number of rotatable bonds is 3. The molecule has 2 unspecified atom stereocenters. The Morgan fingerprint density at radius 1 is 1.12 bits per heavy atom. The van der Waals surface area contributed by atoms with E-state index in [0.29, 0.717) is 0 Å². The lowest BCUT2D eigenvalue weighted by Gasteiger charge is -2.37. The van der Waals surface area contributed by atoms with E-state index in [-0.39, 0.29) is 0 Å². The van der Waals surface area contributed by atoms with E-state index in [0.717, 1.165) is 63.7 Å². The van der Waals surface area contributed by atoms with Crippen molar-refractivity contribution in [1.29, 1.82) is 0 Å². The molecule has 0 radical (unpaired) electrons. The molecule has 5 nitrogen and oxygen atoms in total. The number of nitrogens with one attached hydrogen (secondary N) is 1. The number of hydrogen-bond donors (Lipinski definition) is 1. The molecule has 3 rings (SSSR count). The van der Waals surface area contributed by atoms with Gasteiger partial charge in [-0.05, 0) is 36.0 Å². The van der Waals surface area contributed by atoms with Gasteiger partial charge in [-0.15, -0.1) is 0 Å². The lowest BCUT2D eigenvalue weighted by atomic mass is 9.92. The van der Waals surface area contributed by atoms with Gasteiger partial charge in [0.1, 0.15) is 0 Å². The Kier molecular flexibility index (Phi) is 6.19. The van der Waals surface area contributed by atoms with Crippen molar-refractivity contribution in [2.24, 2.45) is 16.8 Å². The Morgan fingerprint density at radius 2 is 1.76 bits per heavy atom. The zero-order valence-electron chi connectivity index (χ0n) is 15.9. The summed E-state index contributed by atoms with van der Waals surface area (Å²) >= 11 is 0. The first-order valence-corrected chi connectivity index (χ1v) is 9.53. The molecule has 2 atom stereocenters. The summed E-state index contributed by atoms with van der Waals surface area (Å²) in [5.41, 5.74) is 2.58. The molecular weight excluding hydrogens is 312 g/mol. The first-order valence-electron chi connectivity index (χ1n) is 9.53. The molecule has 1 aromatic rings. The van der Waals surface area contributed by atoms with E-state index in [2.05, 4.69) is 58.2 Å². The van der Waals surface area contributed by atoms with Crippen LogP contribution in [0.2, 0.25) is 0 Å². The Labute approximate surface area is 152 Å². The Balaban J connectivity index is 1.54. The third kappa shape index (κ3) is 4.88. The number of morpholine rings is 1. The number of ether oxygens (including phenoxy) is 1. The minimum atomic E-state index is 0.732. The second-order valence-corrected chi connectivity index (χ2v) is 7.52. The van der Waals surface area contributed by atoms with Gasteiger partial charge in [0.05, 0.1) is 13.2 Å². The van der Waals surface area contributed by atoms with E-state index in [4.69, 9.17) is 4.74 Å². The van der Waals surface area contributed by atoms with E-state index in [1.165, 1.54) is 17.7 Å². The molecule has 0 aromatic heterocycles. The van der Waals surface area contributed by atoms with Crippen LogP contribution in [0.25, 0.3) is 0 Å². The molecule has 2 aliphatic heterocycles. The van der Waals surface area contributed by atoms with E-state index in [9.17, 15) is 0 Å². The molecule has 1 aromatic carbocycles. The Hall–Kier alpha value is -1.75. The van der Waals surface area contributed by atoms with Crippen LogP contribution in [0.5, 0.6) is 0 Å². The third-order valence-electron chi connectivity index (χ3n) is 5.14. The van der Waals surface area contributed by atoms with Crippen molar-refractivity contribution in [3.8, 4) is 0 Å². The van der Waals surface area contributed by atoms with Gasteiger partial charge in [0, 0.05) is 45.5 Å². The average molecular weight is 345 g/mol. The second kappa shape index (κ2) is 8.56. The first kappa shape index (κ1) is 18.1. The zero-order valence-corrected chi connectivity index (χ0v) is 15.9. The fraction of sp³-hybridized carbons (Fsp3) is 0.650. The summed E-state index contributed by atoms with van der Waals surface area (Å²) in [5.74, 6) is 2.49. The van der Waals surface area contributed by atoms with Crippen LogP contribution >= 0.6 is 0 Å². The second-order valence-electron chi connectivity index (χ2n) is 7.52. The van der Waals surface area contributed by atoms with Crippen LogP contribution in [0.15, 0.2) is 29.3 Å². The molecule has 0 bridgehead atoms. The molecule has 0 amide bonds. The lowest BCUT2D eigenvalue weighted by Crippen LogP contribution is -2.48. The van der Waals surface area contributed by atoms with Gasteiger partial charge in [-0.2, -0.15) is 0 Å².